The Morgan fingerprint density at radius 2 is 1.85 bits per heavy atom. The number of carbonyl (C=O) groups is 1. The van der Waals surface area contributed by atoms with Crippen LogP contribution in [0.5, 0.6) is 5.75 Å². The van der Waals surface area contributed by atoms with Crippen LogP contribution >= 0.6 is 34.5 Å². The Hall–Kier alpha value is -3.19. The largest absolute Gasteiger partial charge is 0.494 e. The molecule has 0 bridgehead atoms. The Morgan fingerprint density at radius 3 is 2.65 bits per heavy atom. The average Bonchev–Trinajstić information content (AvgIpc) is 3.20. The van der Waals surface area contributed by atoms with Gasteiger partial charge < -0.3 is 4.74 Å². The molecule has 0 aliphatic carbocycles. The lowest BCUT2D eigenvalue weighted by Gasteiger charge is -2.15. The molecule has 0 fully saturated rings. The van der Waals surface area contributed by atoms with Gasteiger partial charge in [-0.2, -0.15) is 0 Å². The summed E-state index contributed by atoms with van der Waals surface area (Å²) in [5, 5.41) is 5.26. The van der Waals surface area contributed by atoms with E-state index < -0.39 is 0 Å². The number of pyridine rings is 1. The van der Waals surface area contributed by atoms with E-state index in [-0.39, 0.29) is 5.91 Å². The number of hydrogen-bond donors (Lipinski definition) is 1. The number of ether oxygens (including phenoxy) is 1. The lowest BCUT2D eigenvalue weighted by atomic mass is 9.97. The second-order valence-corrected chi connectivity index (χ2v) is 9.51. The number of anilines is 1. The number of amides is 1. The van der Waals surface area contributed by atoms with Crippen LogP contribution in [0.2, 0.25) is 10.0 Å². The van der Waals surface area contributed by atoms with Gasteiger partial charge in [0.25, 0.3) is 5.91 Å². The molecule has 170 valence electrons. The molecule has 0 radical (unpaired) electrons. The van der Waals surface area contributed by atoms with E-state index in [4.69, 9.17) is 32.9 Å². The number of hydrogen-bond acceptors (Lipinski definition) is 5. The number of rotatable bonds is 5. The monoisotopic (exact) mass is 507 g/mol. The molecule has 0 atom stereocenters. The summed E-state index contributed by atoms with van der Waals surface area (Å²) < 4.78 is 6.51. The Morgan fingerprint density at radius 1 is 1.03 bits per heavy atom. The minimum absolute atomic E-state index is 0.258. The molecule has 5 rings (SSSR count). The highest BCUT2D eigenvalue weighted by atomic mass is 35.5. The molecule has 0 spiro atoms. The van der Waals surface area contributed by atoms with Crippen LogP contribution in [-0.4, -0.2) is 22.5 Å². The zero-order valence-corrected chi connectivity index (χ0v) is 20.7. The average molecular weight is 508 g/mol. The first-order valence-corrected chi connectivity index (χ1v) is 12.2. The minimum atomic E-state index is -0.258. The molecule has 2 heterocycles. The summed E-state index contributed by atoms with van der Waals surface area (Å²) in [5.74, 6) is 0.517. The minimum Gasteiger partial charge on any atom is -0.494 e. The predicted octanol–water partition coefficient (Wildman–Crippen LogP) is 7.78. The number of thiazole rings is 1. The quantitative estimate of drug-likeness (QED) is 0.263. The fourth-order valence-corrected chi connectivity index (χ4v) is 5.31. The van der Waals surface area contributed by atoms with Crippen molar-refractivity contribution in [3.05, 3.63) is 81.8 Å². The van der Waals surface area contributed by atoms with Crippen LogP contribution in [0.25, 0.3) is 32.4 Å². The standard InChI is InChI=1S/C26H19Cl2N3O2S/c1-3-33-16-9-11-21-22(13-16)34-26(30-21)31-25(32)23-14(2)24(17-10-8-15(27)12-19(17)28)29-20-7-5-4-6-18(20)23/h4-13H,3H2,1-2H3,(H,30,31,32). The number of nitrogens with zero attached hydrogens (tertiary/aromatic N) is 2. The van der Waals surface area contributed by atoms with E-state index >= 15 is 0 Å². The van der Waals surface area contributed by atoms with Gasteiger partial charge in [-0.25, -0.2) is 9.97 Å². The molecule has 2 aromatic heterocycles. The van der Waals surface area contributed by atoms with Crippen LogP contribution in [0.3, 0.4) is 0 Å². The van der Waals surface area contributed by atoms with Crippen molar-refractivity contribution >= 4 is 66.7 Å². The summed E-state index contributed by atoms with van der Waals surface area (Å²) in [6.45, 7) is 4.40. The van der Waals surface area contributed by atoms with Gasteiger partial charge in [-0.1, -0.05) is 52.7 Å². The lowest BCUT2D eigenvalue weighted by Crippen LogP contribution is -2.15. The van der Waals surface area contributed by atoms with E-state index in [0.29, 0.717) is 44.1 Å². The number of para-hydroxylation sites is 1. The molecule has 0 aliphatic heterocycles. The SMILES string of the molecule is CCOc1ccc2nc(NC(=O)c3c(C)c(-c4ccc(Cl)cc4Cl)nc4ccccc34)sc2c1. The second kappa shape index (κ2) is 9.22. The molecule has 0 aliphatic rings. The highest BCUT2D eigenvalue weighted by Gasteiger charge is 2.21. The van der Waals surface area contributed by atoms with Crippen molar-refractivity contribution in [2.45, 2.75) is 13.8 Å². The van der Waals surface area contributed by atoms with Gasteiger partial charge in [-0.15, -0.1) is 0 Å². The lowest BCUT2D eigenvalue weighted by molar-refractivity contribution is 0.102. The first kappa shape index (κ1) is 22.6. The van der Waals surface area contributed by atoms with Gasteiger partial charge in [-0.05, 0) is 61.9 Å². The van der Waals surface area contributed by atoms with E-state index in [1.165, 1.54) is 11.3 Å². The topological polar surface area (TPSA) is 64.1 Å². The molecule has 3 aromatic carbocycles. The van der Waals surface area contributed by atoms with Crippen molar-refractivity contribution in [3.8, 4) is 17.0 Å². The third-order valence-corrected chi connectivity index (χ3v) is 6.92. The van der Waals surface area contributed by atoms with Gasteiger partial charge in [0, 0.05) is 16.0 Å². The number of fused-ring (bicyclic) bond motifs is 2. The van der Waals surface area contributed by atoms with E-state index in [9.17, 15) is 4.79 Å². The highest BCUT2D eigenvalue weighted by Crippen LogP contribution is 2.36. The molecule has 5 nitrogen and oxygen atoms in total. The Balaban J connectivity index is 1.59. The number of benzene rings is 3. The van der Waals surface area contributed by atoms with Crippen LogP contribution in [0, 0.1) is 6.92 Å². The predicted molar refractivity (Wildman–Crippen MR) is 141 cm³/mol. The fourth-order valence-electron chi connectivity index (χ4n) is 3.92. The Labute approximate surface area is 210 Å². The molecular formula is C26H19Cl2N3O2S. The smallest absolute Gasteiger partial charge is 0.258 e. The molecular weight excluding hydrogens is 489 g/mol. The van der Waals surface area contributed by atoms with Crippen LogP contribution in [0.4, 0.5) is 5.13 Å². The maximum atomic E-state index is 13.6. The Bertz CT molecular complexity index is 1570. The number of halogens is 2. The van der Waals surface area contributed by atoms with Crippen molar-refractivity contribution in [3.63, 3.8) is 0 Å². The van der Waals surface area contributed by atoms with Gasteiger partial charge >= 0.3 is 0 Å². The summed E-state index contributed by atoms with van der Waals surface area (Å²) in [6.07, 6.45) is 0. The zero-order valence-electron chi connectivity index (χ0n) is 18.4. The number of aromatic nitrogens is 2. The zero-order chi connectivity index (χ0) is 23.8. The van der Waals surface area contributed by atoms with Crippen molar-refractivity contribution in [1.29, 1.82) is 0 Å². The van der Waals surface area contributed by atoms with E-state index in [0.717, 1.165) is 26.9 Å². The Kier molecular flexibility index (Phi) is 6.13. The summed E-state index contributed by atoms with van der Waals surface area (Å²) in [6, 6.07) is 18.5. The van der Waals surface area contributed by atoms with E-state index in [1.807, 2.05) is 62.4 Å². The molecule has 5 aromatic rings. The van der Waals surface area contributed by atoms with E-state index in [1.54, 1.807) is 12.1 Å². The third kappa shape index (κ3) is 4.20. The van der Waals surface area contributed by atoms with Crippen molar-refractivity contribution in [1.82, 2.24) is 9.97 Å². The molecule has 0 saturated carbocycles. The first-order chi connectivity index (χ1) is 16.4. The molecule has 0 unspecified atom stereocenters. The number of nitrogens with one attached hydrogen (secondary N) is 1. The summed E-state index contributed by atoms with van der Waals surface area (Å²) >= 11 is 14.0. The maximum absolute atomic E-state index is 13.6. The number of carbonyl (C=O) groups excluding carboxylic acids is 1. The maximum Gasteiger partial charge on any atom is 0.258 e. The van der Waals surface area contributed by atoms with Crippen LogP contribution in [-0.2, 0) is 0 Å². The molecule has 1 amide bonds. The van der Waals surface area contributed by atoms with Gasteiger partial charge in [0.2, 0.25) is 0 Å². The van der Waals surface area contributed by atoms with E-state index in [2.05, 4.69) is 10.3 Å². The van der Waals surface area contributed by atoms with Crippen LogP contribution in [0.1, 0.15) is 22.8 Å². The van der Waals surface area contributed by atoms with Gasteiger partial charge in [0.1, 0.15) is 5.75 Å². The van der Waals surface area contributed by atoms with Crippen LogP contribution < -0.4 is 10.1 Å². The van der Waals surface area contributed by atoms with Crippen LogP contribution in [0.15, 0.2) is 60.7 Å². The molecule has 0 saturated heterocycles. The fraction of sp³-hybridized carbons (Fsp3) is 0.115. The normalized spacial score (nSPS) is 11.2. The van der Waals surface area contributed by atoms with Gasteiger partial charge in [0.05, 0.1) is 38.6 Å². The molecule has 34 heavy (non-hydrogen) atoms. The highest BCUT2D eigenvalue weighted by molar-refractivity contribution is 7.22. The third-order valence-electron chi connectivity index (χ3n) is 5.44. The van der Waals surface area contributed by atoms with Crippen molar-refractivity contribution in [2.24, 2.45) is 0 Å². The van der Waals surface area contributed by atoms with Crippen molar-refractivity contribution in [2.75, 3.05) is 11.9 Å². The van der Waals surface area contributed by atoms with Gasteiger partial charge in [0.15, 0.2) is 5.13 Å². The summed E-state index contributed by atoms with van der Waals surface area (Å²) in [4.78, 5) is 23.0. The summed E-state index contributed by atoms with van der Waals surface area (Å²) in [7, 11) is 0. The first-order valence-electron chi connectivity index (χ1n) is 10.6. The molecule has 1 N–H and O–H groups in total. The molecule has 8 heteroatoms. The van der Waals surface area contributed by atoms with Gasteiger partial charge in [-0.3, -0.25) is 10.1 Å². The van der Waals surface area contributed by atoms with Crippen molar-refractivity contribution < 1.29 is 9.53 Å². The second-order valence-electron chi connectivity index (χ2n) is 7.64. The summed E-state index contributed by atoms with van der Waals surface area (Å²) in [5.41, 5.74) is 4.10.